The first-order chi connectivity index (χ1) is 15.1. The van der Waals surface area contributed by atoms with Crippen molar-refractivity contribution in [1.29, 1.82) is 0 Å². The lowest BCUT2D eigenvalue weighted by Gasteiger charge is -2.10. The Balaban J connectivity index is 1.81. The summed E-state index contributed by atoms with van der Waals surface area (Å²) in [4.78, 5) is 4.98. The van der Waals surface area contributed by atoms with Crippen LogP contribution in [0.2, 0.25) is 0 Å². The highest BCUT2D eigenvalue weighted by atomic mass is 16.5. The maximum atomic E-state index is 6.41. The highest BCUT2D eigenvalue weighted by molar-refractivity contribution is 5.89. The number of hydrogen-bond acceptors (Lipinski definition) is 4. The second-order valence-corrected chi connectivity index (χ2v) is 7.48. The first-order valence-corrected chi connectivity index (χ1v) is 10.1. The van der Waals surface area contributed by atoms with Gasteiger partial charge in [0.25, 0.3) is 0 Å². The first-order valence-electron chi connectivity index (χ1n) is 10.1. The van der Waals surface area contributed by atoms with Crippen LogP contribution in [0.3, 0.4) is 0 Å². The van der Waals surface area contributed by atoms with Crippen LogP contribution in [0.25, 0.3) is 39.3 Å². The molecule has 0 aliphatic rings. The molecule has 31 heavy (non-hydrogen) atoms. The Morgan fingerprint density at radius 3 is 2.16 bits per heavy atom. The SMILES string of the molecule is COc1ccc(-c2cc(-c3ccccc3)nc3c(-c4ccc(C)cc4)c(N)nn23)cc1. The summed E-state index contributed by atoms with van der Waals surface area (Å²) in [5.41, 5.74) is 14.0. The van der Waals surface area contributed by atoms with Crippen molar-refractivity contribution in [2.24, 2.45) is 0 Å². The van der Waals surface area contributed by atoms with Gasteiger partial charge in [0.15, 0.2) is 11.5 Å². The van der Waals surface area contributed by atoms with Gasteiger partial charge in [-0.1, -0.05) is 60.2 Å². The summed E-state index contributed by atoms with van der Waals surface area (Å²) in [5.74, 6) is 1.26. The molecule has 5 rings (SSSR count). The highest BCUT2D eigenvalue weighted by Gasteiger charge is 2.19. The topological polar surface area (TPSA) is 65.4 Å². The molecule has 5 aromatic rings. The van der Waals surface area contributed by atoms with E-state index in [9.17, 15) is 0 Å². The van der Waals surface area contributed by atoms with Crippen LogP contribution < -0.4 is 10.5 Å². The van der Waals surface area contributed by atoms with E-state index in [1.54, 1.807) is 7.11 Å². The molecular weight excluding hydrogens is 384 g/mol. The van der Waals surface area contributed by atoms with Gasteiger partial charge in [0.1, 0.15) is 5.75 Å². The van der Waals surface area contributed by atoms with Crippen molar-refractivity contribution in [1.82, 2.24) is 14.6 Å². The maximum absolute atomic E-state index is 6.41. The van der Waals surface area contributed by atoms with Crippen LogP contribution in [0, 0.1) is 6.92 Å². The molecular formula is C26H22N4O. The molecule has 2 heterocycles. The standard InChI is InChI=1S/C26H22N4O/c1-17-8-10-20(11-9-17)24-25(27)29-30-23(19-12-14-21(31-2)15-13-19)16-22(28-26(24)30)18-6-4-3-5-7-18/h3-16H,1-2H3,(H2,27,29). The number of nitrogens with two attached hydrogens (primary N) is 1. The number of ether oxygens (including phenoxy) is 1. The smallest absolute Gasteiger partial charge is 0.166 e. The third kappa shape index (κ3) is 3.40. The van der Waals surface area contributed by atoms with Gasteiger partial charge in [-0.2, -0.15) is 0 Å². The van der Waals surface area contributed by atoms with Gasteiger partial charge >= 0.3 is 0 Å². The van der Waals surface area contributed by atoms with Gasteiger partial charge in [-0.05, 0) is 42.8 Å². The predicted octanol–water partition coefficient (Wildman–Crippen LogP) is 5.63. The van der Waals surface area contributed by atoms with Gasteiger partial charge < -0.3 is 10.5 Å². The Labute approximate surface area is 180 Å². The largest absolute Gasteiger partial charge is 0.497 e. The van der Waals surface area contributed by atoms with Crippen molar-refractivity contribution in [2.45, 2.75) is 6.92 Å². The number of methoxy groups -OCH3 is 1. The van der Waals surface area contributed by atoms with Gasteiger partial charge in [0, 0.05) is 11.1 Å². The zero-order valence-corrected chi connectivity index (χ0v) is 17.4. The van der Waals surface area contributed by atoms with E-state index in [2.05, 4.69) is 54.5 Å². The van der Waals surface area contributed by atoms with E-state index in [0.717, 1.165) is 45.0 Å². The molecule has 0 bridgehead atoms. The minimum Gasteiger partial charge on any atom is -0.497 e. The molecule has 0 saturated heterocycles. The third-order valence-electron chi connectivity index (χ3n) is 5.41. The van der Waals surface area contributed by atoms with Crippen LogP contribution in [-0.2, 0) is 0 Å². The molecule has 3 aromatic carbocycles. The van der Waals surface area contributed by atoms with E-state index in [-0.39, 0.29) is 0 Å². The molecule has 5 heteroatoms. The summed E-state index contributed by atoms with van der Waals surface area (Å²) in [5, 5.41) is 4.67. The summed E-state index contributed by atoms with van der Waals surface area (Å²) in [6.45, 7) is 2.07. The Morgan fingerprint density at radius 2 is 1.48 bits per heavy atom. The average Bonchev–Trinajstić information content (AvgIpc) is 3.15. The number of fused-ring (bicyclic) bond motifs is 1. The van der Waals surface area contributed by atoms with E-state index in [1.807, 2.05) is 47.0 Å². The normalized spacial score (nSPS) is 11.0. The monoisotopic (exact) mass is 406 g/mol. The molecule has 0 radical (unpaired) electrons. The second-order valence-electron chi connectivity index (χ2n) is 7.48. The van der Waals surface area contributed by atoms with Gasteiger partial charge in [-0.3, -0.25) is 0 Å². The fourth-order valence-electron chi connectivity index (χ4n) is 3.76. The van der Waals surface area contributed by atoms with Crippen LogP contribution in [0.15, 0.2) is 84.9 Å². The summed E-state index contributed by atoms with van der Waals surface area (Å²) in [6.07, 6.45) is 0. The van der Waals surface area contributed by atoms with Crippen LogP contribution in [0.4, 0.5) is 5.82 Å². The maximum Gasteiger partial charge on any atom is 0.166 e. The van der Waals surface area contributed by atoms with Crippen LogP contribution >= 0.6 is 0 Å². The van der Waals surface area contributed by atoms with Crippen LogP contribution in [0.1, 0.15) is 5.56 Å². The Bertz CT molecular complexity index is 1360. The zero-order valence-electron chi connectivity index (χ0n) is 17.4. The minimum absolute atomic E-state index is 0.455. The zero-order chi connectivity index (χ0) is 21.4. The molecule has 0 saturated carbocycles. The van der Waals surface area contributed by atoms with Crippen molar-refractivity contribution in [2.75, 3.05) is 12.8 Å². The first kappa shape index (κ1) is 18.9. The van der Waals surface area contributed by atoms with E-state index in [1.165, 1.54) is 5.56 Å². The number of nitrogens with zero attached hydrogens (tertiary/aromatic N) is 3. The van der Waals surface area contributed by atoms with Crippen LogP contribution in [0.5, 0.6) is 5.75 Å². The number of aromatic nitrogens is 3. The van der Waals surface area contributed by atoms with Crippen molar-refractivity contribution < 1.29 is 4.74 Å². The number of benzene rings is 3. The molecule has 0 aliphatic heterocycles. The van der Waals surface area contributed by atoms with E-state index < -0.39 is 0 Å². The van der Waals surface area contributed by atoms with Gasteiger partial charge in [0.2, 0.25) is 0 Å². The predicted molar refractivity (Wildman–Crippen MR) is 125 cm³/mol. The summed E-state index contributed by atoms with van der Waals surface area (Å²) in [7, 11) is 1.66. The molecule has 0 amide bonds. The lowest BCUT2D eigenvalue weighted by molar-refractivity contribution is 0.415. The van der Waals surface area contributed by atoms with Crippen molar-refractivity contribution in [3.05, 3.63) is 90.5 Å². The lowest BCUT2D eigenvalue weighted by Crippen LogP contribution is -1.99. The fraction of sp³-hybridized carbons (Fsp3) is 0.0769. The molecule has 0 spiro atoms. The number of anilines is 1. The minimum atomic E-state index is 0.455. The Hall–Kier alpha value is -4.12. The van der Waals surface area contributed by atoms with E-state index >= 15 is 0 Å². The average molecular weight is 406 g/mol. The summed E-state index contributed by atoms with van der Waals surface area (Å²) < 4.78 is 7.15. The van der Waals surface area contributed by atoms with Crippen molar-refractivity contribution in [3.8, 4) is 39.4 Å². The second kappa shape index (κ2) is 7.61. The lowest BCUT2D eigenvalue weighted by atomic mass is 10.0. The molecule has 2 N–H and O–H groups in total. The van der Waals surface area contributed by atoms with Crippen LogP contribution in [-0.4, -0.2) is 21.7 Å². The quantitative estimate of drug-likeness (QED) is 0.420. The molecule has 0 unspecified atom stereocenters. The number of rotatable bonds is 4. The van der Waals surface area contributed by atoms with Crippen molar-refractivity contribution in [3.63, 3.8) is 0 Å². The Kier molecular flexibility index (Phi) is 4.64. The number of aryl methyl sites for hydroxylation is 1. The van der Waals surface area contributed by atoms with E-state index in [4.69, 9.17) is 15.5 Å². The molecule has 0 atom stereocenters. The van der Waals surface area contributed by atoms with Crippen molar-refractivity contribution >= 4 is 11.5 Å². The molecule has 0 aliphatic carbocycles. The number of hydrogen-bond donors (Lipinski definition) is 1. The molecule has 0 fully saturated rings. The summed E-state index contributed by atoms with van der Waals surface area (Å²) in [6, 6.07) is 28.4. The fourth-order valence-corrected chi connectivity index (χ4v) is 3.76. The molecule has 2 aromatic heterocycles. The third-order valence-corrected chi connectivity index (χ3v) is 5.41. The van der Waals surface area contributed by atoms with Gasteiger partial charge in [-0.25, -0.2) is 9.50 Å². The van der Waals surface area contributed by atoms with Gasteiger partial charge in [-0.15, -0.1) is 5.10 Å². The number of nitrogen functional groups attached to an aromatic ring is 1. The van der Waals surface area contributed by atoms with E-state index in [0.29, 0.717) is 5.82 Å². The highest BCUT2D eigenvalue weighted by Crippen LogP contribution is 2.35. The summed E-state index contributed by atoms with van der Waals surface area (Å²) >= 11 is 0. The molecule has 5 nitrogen and oxygen atoms in total. The van der Waals surface area contributed by atoms with Gasteiger partial charge in [0.05, 0.1) is 24.1 Å². The Morgan fingerprint density at radius 1 is 0.806 bits per heavy atom. The molecule has 152 valence electrons.